The normalized spacial score (nSPS) is 13.3. The van der Waals surface area contributed by atoms with Gasteiger partial charge in [-0.1, -0.05) is 98.8 Å². The molecule has 0 saturated heterocycles. The van der Waals surface area contributed by atoms with Crippen LogP contribution in [0.5, 0.6) is 0 Å². The second-order valence-corrected chi connectivity index (χ2v) is 12.3. The van der Waals surface area contributed by atoms with Crippen LogP contribution in [0.25, 0.3) is 0 Å². The Morgan fingerprint density at radius 1 is 0.806 bits per heavy atom. The van der Waals surface area contributed by atoms with Gasteiger partial charge in [0.15, 0.2) is 0 Å². The number of amides is 1. The number of carbonyl (C=O) groups excluding carboxylic acids is 2. The molecular formula is C30H37N2O3P. The third kappa shape index (κ3) is 7.02. The second-order valence-electron chi connectivity index (χ2n) is 10.1. The highest BCUT2D eigenvalue weighted by Gasteiger charge is 2.34. The Kier molecular flexibility index (Phi) is 9.42. The van der Waals surface area contributed by atoms with E-state index in [0.29, 0.717) is 0 Å². The van der Waals surface area contributed by atoms with E-state index in [4.69, 9.17) is 4.74 Å². The summed E-state index contributed by atoms with van der Waals surface area (Å²) in [6.45, 7) is 9.75. The van der Waals surface area contributed by atoms with Crippen LogP contribution in [0.2, 0.25) is 0 Å². The van der Waals surface area contributed by atoms with E-state index in [1.807, 2.05) is 89.2 Å². The fourth-order valence-corrected chi connectivity index (χ4v) is 6.60. The minimum atomic E-state index is -0.953. The number of carbonyl (C=O) groups is 2. The van der Waals surface area contributed by atoms with Crippen molar-refractivity contribution in [3.8, 4) is 0 Å². The smallest absolute Gasteiger partial charge is 0.323 e. The van der Waals surface area contributed by atoms with E-state index in [0.717, 1.165) is 10.9 Å². The van der Waals surface area contributed by atoms with Crippen LogP contribution in [0.3, 0.4) is 0 Å². The summed E-state index contributed by atoms with van der Waals surface area (Å²) in [5, 5.41) is 9.93. The van der Waals surface area contributed by atoms with E-state index in [9.17, 15) is 9.59 Å². The molecule has 6 heteroatoms. The second kappa shape index (κ2) is 12.3. The van der Waals surface area contributed by atoms with Crippen LogP contribution >= 0.6 is 7.92 Å². The van der Waals surface area contributed by atoms with E-state index < -0.39 is 25.5 Å². The van der Waals surface area contributed by atoms with Gasteiger partial charge in [0, 0.05) is 5.54 Å². The van der Waals surface area contributed by atoms with Gasteiger partial charge in [-0.2, -0.15) is 0 Å². The molecule has 36 heavy (non-hydrogen) atoms. The molecule has 0 bridgehead atoms. The van der Waals surface area contributed by atoms with Gasteiger partial charge in [0.25, 0.3) is 0 Å². The number of hydrogen-bond donors (Lipinski definition) is 2. The molecule has 0 heterocycles. The zero-order valence-electron chi connectivity index (χ0n) is 22.0. The van der Waals surface area contributed by atoms with Crippen LogP contribution in [-0.2, 0) is 14.3 Å². The predicted molar refractivity (Wildman–Crippen MR) is 150 cm³/mol. The van der Waals surface area contributed by atoms with Crippen LogP contribution in [0.15, 0.2) is 84.9 Å². The van der Waals surface area contributed by atoms with E-state index in [2.05, 4.69) is 41.0 Å². The third-order valence-electron chi connectivity index (χ3n) is 5.75. The molecule has 2 N–H and O–H groups in total. The SMILES string of the molecule is COC(=O)[C@@H](NC(C(=O)NC(C)(C)C)c1ccccc1P(c1ccccc1)c1ccccc1)C(C)C. The monoisotopic (exact) mass is 504 g/mol. The molecule has 0 fully saturated rings. The van der Waals surface area contributed by atoms with Gasteiger partial charge in [0.05, 0.1) is 7.11 Å². The molecule has 0 aromatic heterocycles. The first-order valence-electron chi connectivity index (χ1n) is 12.3. The summed E-state index contributed by atoms with van der Waals surface area (Å²) in [4.78, 5) is 26.4. The zero-order valence-corrected chi connectivity index (χ0v) is 22.9. The summed E-state index contributed by atoms with van der Waals surface area (Å²) in [7, 11) is 0.424. The molecule has 0 aliphatic rings. The molecule has 0 saturated carbocycles. The summed E-state index contributed by atoms with van der Waals surface area (Å²) in [5.41, 5.74) is 0.418. The lowest BCUT2D eigenvalue weighted by atomic mass is 9.98. The van der Waals surface area contributed by atoms with Crippen LogP contribution in [0.4, 0.5) is 0 Å². The van der Waals surface area contributed by atoms with Gasteiger partial charge in [-0.15, -0.1) is 0 Å². The van der Waals surface area contributed by atoms with E-state index in [1.54, 1.807) is 0 Å². The lowest BCUT2D eigenvalue weighted by molar-refractivity contribution is -0.144. The van der Waals surface area contributed by atoms with Crippen LogP contribution in [0.1, 0.15) is 46.2 Å². The summed E-state index contributed by atoms with van der Waals surface area (Å²) >= 11 is 0. The van der Waals surface area contributed by atoms with Gasteiger partial charge in [-0.25, -0.2) is 0 Å². The molecule has 0 aliphatic heterocycles. The van der Waals surface area contributed by atoms with E-state index >= 15 is 0 Å². The Morgan fingerprint density at radius 2 is 1.31 bits per heavy atom. The minimum Gasteiger partial charge on any atom is -0.468 e. The molecule has 3 rings (SSSR count). The standard InChI is InChI=1S/C30H37N2O3P/c1-21(2)26(29(34)35-6)31-27(28(33)32-30(3,4)5)24-19-13-14-20-25(24)36(22-15-9-7-10-16-22)23-17-11-8-12-18-23/h7-21,26-27,31H,1-6H3,(H,32,33)/t26-,27?/m0/s1. The molecule has 3 aromatic rings. The zero-order chi connectivity index (χ0) is 26.3. The number of nitrogens with one attached hydrogen (secondary N) is 2. The van der Waals surface area contributed by atoms with Crippen molar-refractivity contribution >= 4 is 35.7 Å². The van der Waals surface area contributed by atoms with Crippen LogP contribution in [0, 0.1) is 5.92 Å². The van der Waals surface area contributed by atoms with Crippen molar-refractivity contribution in [2.75, 3.05) is 7.11 Å². The van der Waals surface area contributed by atoms with Crippen molar-refractivity contribution in [1.82, 2.24) is 10.6 Å². The first kappa shape index (κ1) is 27.6. The molecular weight excluding hydrogens is 467 g/mol. The number of ether oxygens (including phenoxy) is 1. The van der Waals surface area contributed by atoms with Crippen molar-refractivity contribution < 1.29 is 14.3 Å². The third-order valence-corrected chi connectivity index (χ3v) is 8.26. The molecule has 2 atom stereocenters. The van der Waals surface area contributed by atoms with Crippen molar-refractivity contribution in [3.63, 3.8) is 0 Å². The summed E-state index contributed by atoms with van der Waals surface area (Å²) < 4.78 is 5.08. The first-order chi connectivity index (χ1) is 17.1. The highest BCUT2D eigenvalue weighted by Crippen LogP contribution is 2.36. The lowest BCUT2D eigenvalue weighted by Gasteiger charge is -2.32. The quantitative estimate of drug-likeness (QED) is 0.339. The van der Waals surface area contributed by atoms with Crippen LogP contribution in [-0.4, -0.2) is 30.6 Å². The summed E-state index contributed by atoms with van der Waals surface area (Å²) in [6, 6.07) is 27.4. The number of rotatable bonds is 9. The van der Waals surface area contributed by atoms with Crippen LogP contribution < -0.4 is 26.5 Å². The largest absolute Gasteiger partial charge is 0.468 e. The molecule has 1 unspecified atom stereocenters. The van der Waals surface area contributed by atoms with Crippen molar-refractivity contribution in [3.05, 3.63) is 90.5 Å². The average Bonchev–Trinajstić information content (AvgIpc) is 2.85. The highest BCUT2D eigenvalue weighted by molar-refractivity contribution is 7.79. The summed E-state index contributed by atoms with van der Waals surface area (Å²) in [6.07, 6.45) is 0. The molecule has 0 spiro atoms. The Labute approximate surface area is 216 Å². The predicted octanol–water partition coefficient (Wildman–Crippen LogP) is 4.19. The molecule has 5 nitrogen and oxygen atoms in total. The van der Waals surface area contributed by atoms with Gasteiger partial charge in [-0.3, -0.25) is 14.9 Å². The Morgan fingerprint density at radius 3 is 1.78 bits per heavy atom. The lowest BCUT2D eigenvalue weighted by Crippen LogP contribution is -2.52. The molecule has 1 amide bonds. The van der Waals surface area contributed by atoms with E-state index in [1.165, 1.54) is 17.7 Å². The number of esters is 1. The molecule has 0 radical (unpaired) electrons. The fraction of sp³-hybridized carbons (Fsp3) is 0.333. The van der Waals surface area contributed by atoms with E-state index in [-0.39, 0.29) is 17.8 Å². The first-order valence-corrected chi connectivity index (χ1v) is 13.6. The van der Waals surface area contributed by atoms with Gasteiger partial charge in [-0.05, 0) is 56.1 Å². The Balaban J connectivity index is 2.19. The van der Waals surface area contributed by atoms with Gasteiger partial charge < -0.3 is 10.1 Å². The Bertz CT molecular complexity index is 1100. The van der Waals surface area contributed by atoms with Gasteiger partial charge >= 0.3 is 5.97 Å². The highest BCUT2D eigenvalue weighted by atomic mass is 31.1. The number of benzene rings is 3. The number of hydrogen-bond acceptors (Lipinski definition) is 4. The van der Waals surface area contributed by atoms with Crippen molar-refractivity contribution in [2.24, 2.45) is 5.92 Å². The molecule has 0 aliphatic carbocycles. The molecule has 190 valence electrons. The topological polar surface area (TPSA) is 67.4 Å². The minimum absolute atomic E-state index is 0.0701. The molecule has 3 aromatic carbocycles. The maximum Gasteiger partial charge on any atom is 0.323 e. The van der Waals surface area contributed by atoms with Crippen molar-refractivity contribution in [1.29, 1.82) is 0 Å². The number of methoxy groups -OCH3 is 1. The van der Waals surface area contributed by atoms with Crippen molar-refractivity contribution in [2.45, 2.75) is 52.2 Å². The van der Waals surface area contributed by atoms with Gasteiger partial charge in [0.1, 0.15) is 12.1 Å². The average molecular weight is 505 g/mol. The van der Waals surface area contributed by atoms with Gasteiger partial charge in [0.2, 0.25) is 5.91 Å². The maximum absolute atomic E-state index is 13.8. The maximum atomic E-state index is 13.8. The fourth-order valence-electron chi connectivity index (χ4n) is 4.10. The summed E-state index contributed by atoms with van der Waals surface area (Å²) in [5.74, 6) is -0.635. The Hall–Kier alpha value is -3.01.